The van der Waals surface area contributed by atoms with Crippen molar-refractivity contribution in [3.8, 4) is 0 Å². The number of nitrogens with two attached hydrogens (primary N) is 1. The SMILES string of the molecule is CN(CC1CCCCO1)C(=O)C1(N)CCCCC1.Cl. The van der Waals surface area contributed by atoms with Gasteiger partial charge in [-0.15, -0.1) is 12.4 Å². The molecule has 2 rings (SSSR count). The maximum atomic E-state index is 12.4. The lowest BCUT2D eigenvalue weighted by atomic mass is 9.81. The van der Waals surface area contributed by atoms with Crippen molar-refractivity contribution in [3.63, 3.8) is 0 Å². The Morgan fingerprint density at radius 3 is 2.53 bits per heavy atom. The summed E-state index contributed by atoms with van der Waals surface area (Å²) in [6.07, 6.45) is 8.67. The second-order valence-electron chi connectivity index (χ2n) is 5.89. The van der Waals surface area contributed by atoms with E-state index in [2.05, 4.69) is 0 Å². The summed E-state index contributed by atoms with van der Waals surface area (Å²) in [4.78, 5) is 14.2. The van der Waals surface area contributed by atoms with Crippen molar-refractivity contribution in [1.82, 2.24) is 4.90 Å². The zero-order chi connectivity index (χ0) is 13.0. The van der Waals surface area contributed by atoms with Gasteiger partial charge in [-0.1, -0.05) is 19.3 Å². The molecule has 0 bridgehead atoms. The van der Waals surface area contributed by atoms with Crippen LogP contribution in [0.25, 0.3) is 0 Å². The van der Waals surface area contributed by atoms with Gasteiger partial charge in [0.05, 0.1) is 11.6 Å². The fourth-order valence-corrected chi connectivity index (χ4v) is 3.12. The first-order chi connectivity index (χ1) is 8.62. The summed E-state index contributed by atoms with van der Waals surface area (Å²) in [5.74, 6) is 0.108. The Labute approximate surface area is 122 Å². The molecule has 0 aromatic heterocycles. The van der Waals surface area contributed by atoms with Crippen LogP contribution in [0.4, 0.5) is 0 Å². The number of carbonyl (C=O) groups is 1. The minimum Gasteiger partial charge on any atom is -0.376 e. The molecule has 1 aliphatic carbocycles. The molecule has 2 N–H and O–H groups in total. The number of carbonyl (C=O) groups excluding carboxylic acids is 1. The molecule has 1 unspecified atom stereocenters. The first-order valence-corrected chi connectivity index (χ1v) is 7.28. The Morgan fingerprint density at radius 1 is 1.26 bits per heavy atom. The van der Waals surface area contributed by atoms with Gasteiger partial charge >= 0.3 is 0 Å². The number of hydrogen-bond acceptors (Lipinski definition) is 3. The van der Waals surface area contributed by atoms with Gasteiger partial charge in [0.1, 0.15) is 0 Å². The third kappa shape index (κ3) is 4.33. The van der Waals surface area contributed by atoms with Crippen LogP contribution in [0.5, 0.6) is 0 Å². The first-order valence-electron chi connectivity index (χ1n) is 7.28. The molecule has 1 amide bonds. The van der Waals surface area contributed by atoms with Crippen molar-refractivity contribution in [1.29, 1.82) is 0 Å². The van der Waals surface area contributed by atoms with Crippen LogP contribution in [0.3, 0.4) is 0 Å². The summed E-state index contributed by atoms with van der Waals surface area (Å²) in [5.41, 5.74) is 5.67. The molecule has 19 heavy (non-hydrogen) atoms. The van der Waals surface area contributed by atoms with E-state index < -0.39 is 5.54 Å². The quantitative estimate of drug-likeness (QED) is 0.866. The molecule has 1 saturated heterocycles. The summed E-state index contributed by atoms with van der Waals surface area (Å²) < 4.78 is 5.68. The highest BCUT2D eigenvalue weighted by molar-refractivity contribution is 5.86. The minimum atomic E-state index is -0.609. The molecule has 1 aliphatic heterocycles. The molecule has 1 heterocycles. The van der Waals surface area contributed by atoms with E-state index in [1.54, 1.807) is 4.90 Å². The second-order valence-corrected chi connectivity index (χ2v) is 5.89. The molecule has 5 heteroatoms. The molecule has 2 fully saturated rings. The van der Waals surface area contributed by atoms with Gasteiger partial charge in [0, 0.05) is 20.2 Å². The molecular weight excluding hydrogens is 264 g/mol. The van der Waals surface area contributed by atoms with E-state index in [1.165, 1.54) is 12.8 Å². The topological polar surface area (TPSA) is 55.6 Å². The number of rotatable bonds is 3. The standard InChI is InChI=1S/C14H26N2O2.ClH/c1-16(11-12-7-3-6-10-18-12)13(17)14(15)8-4-2-5-9-14;/h12H,2-11,15H2,1H3;1H. The predicted molar refractivity (Wildman–Crippen MR) is 78.5 cm³/mol. The smallest absolute Gasteiger partial charge is 0.242 e. The summed E-state index contributed by atoms with van der Waals surface area (Å²) in [6, 6.07) is 0. The molecular formula is C14H27ClN2O2. The highest BCUT2D eigenvalue weighted by Gasteiger charge is 2.37. The molecule has 0 radical (unpaired) electrons. The van der Waals surface area contributed by atoms with E-state index in [4.69, 9.17) is 10.5 Å². The van der Waals surface area contributed by atoms with Crippen molar-refractivity contribution in [2.24, 2.45) is 5.73 Å². The molecule has 112 valence electrons. The van der Waals surface area contributed by atoms with Crippen LogP contribution in [0.2, 0.25) is 0 Å². The molecule has 0 aromatic carbocycles. The fraction of sp³-hybridized carbons (Fsp3) is 0.929. The van der Waals surface area contributed by atoms with Crippen LogP contribution in [0.15, 0.2) is 0 Å². The summed E-state index contributed by atoms with van der Waals surface area (Å²) in [7, 11) is 1.86. The Bertz CT molecular complexity index is 287. The third-order valence-corrected chi connectivity index (χ3v) is 4.27. The van der Waals surface area contributed by atoms with Gasteiger partial charge in [-0.3, -0.25) is 4.79 Å². The maximum absolute atomic E-state index is 12.4. The highest BCUT2D eigenvalue weighted by atomic mass is 35.5. The van der Waals surface area contributed by atoms with Gasteiger partial charge < -0.3 is 15.4 Å². The van der Waals surface area contributed by atoms with Crippen LogP contribution < -0.4 is 5.73 Å². The van der Waals surface area contributed by atoms with E-state index in [1.807, 2.05) is 7.05 Å². The lowest BCUT2D eigenvalue weighted by molar-refractivity contribution is -0.139. The van der Waals surface area contributed by atoms with Crippen molar-refractivity contribution < 1.29 is 9.53 Å². The molecule has 1 saturated carbocycles. The van der Waals surface area contributed by atoms with Crippen LogP contribution in [-0.4, -0.2) is 42.6 Å². The number of hydrogen-bond donors (Lipinski definition) is 1. The van der Waals surface area contributed by atoms with Gasteiger partial charge in [-0.2, -0.15) is 0 Å². The predicted octanol–water partition coefficient (Wildman–Crippen LogP) is 2.10. The number of halogens is 1. The van der Waals surface area contributed by atoms with E-state index in [9.17, 15) is 4.79 Å². The first kappa shape index (κ1) is 16.7. The van der Waals surface area contributed by atoms with E-state index in [0.29, 0.717) is 6.54 Å². The lowest BCUT2D eigenvalue weighted by Gasteiger charge is -2.37. The average Bonchev–Trinajstić information content (AvgIpc) is 2.40. The van der Waals surface area contributed by atoms with Crippen molar-refractivity contribution in [2.45, 2.75) is 63.0 Å². The summed E-state index contributed by atoms with van der Waals surface area (Å²) >= 11 is 0. The van der Waals surface area contributed by atoms with Gasteiger partial charge in [0.2, 0.25) is 5.91 Å². The van der Waals surface area contributed by atoms with Gasteiger partial charge in [-0.25, -0.2) is 0 Å². The summed E-state index contributed by atoms with van der Waals surface area (Å²) in [6.45, 7) is 1.53. The van der Waals surface area contributed by atoms with Crippen LogP contribution in [-0.2, 0) is 9.53 Å². The number of amides is 1. The molecule has 0 spiro atoms. The zero-order valence-corrected chi connectivity index (χ0v) is 12.7. The van der Waals surface area contributed by atoms with Crippen molar-refractivity contribution in [2.75, 3.05) is 20.2 Å². The zero-order valence-electron chi connectivity index (χ0n) is 11.9. The Balaban J connectivity index is 0.00000180. The molecule has 1 atom stereocenters. The fourth-order valence-electron chi connectivity index (χ4n) is 3.12. The van der Waals surface area contributed by atoms with Crippen LogP contribution >= 0.6 is 12.4 Å². The van der Waals surface area contributed by atoms with E-state index >= 15 is 0 Å². The second kappa shape index (κ2) is 7.46. The van der Waals surface area contributed by atoms with Crippen molar-refractivity contribution in [3.05, 3.63) is 0 Å². The Kier molecular flexibility index (Phi) is 6.57. The summed E-state index contributed by atoms with van der Waals surface area (Å²) in [5, 5.41) is 0. The third-order valence-electron chi connectivity index (χ3n) is 4.27. The van der Waals surface area contributed by atoms with Gasteiger partial charge in [0.15, 0.2) is 0 Å². The Morgan fingerprint density at radius 2 is 1.95 bits per heavy atom. The molecule has 0 aromatic rings. The van der Waals surface area contributed by atoms with E-state index in [0.717, 1.165) is 45.1 Å². The van der Waals surface area contributed by atoms with Gasteiger partial charge in [0.25, 0.3) is 0 Å². The van der Waals surface area contributed by atoms with Crippen LogP contribution in [0, 0.1) is 0 Å². The monoisotopic (exact) mass is 290 g/mol. The molecule has 2 aliphatic rings. The normalized spacial score (nSPS) is 26.3. The number of nitrogens with zero attached hydrogens (tertiary/aromatic N) is 1. The average molecular weight is 291 g/mol. The maximum Gasteiger partial charge on any atom is 0.242 e. The minimum absolute atomic E-state index is 0. The highest BCUT2D eigenvalue weighted by Crippen LogP contribution is 2.27. The largest absolute Gasteiger partial charge is 0.376 e. The van der Waals surface area contributed by atoms with E-state index in [-0.39, 0.29) is 24.4 Å². The van der Waals surface area contributed by atoms with Crippen LogP contribution in [0.1, 0.15) is 51.4 Å². The van der Waals surface area contributed by atoms with Crippen molar-refractivity contribution >= 4 is 18.3 Å². The number of ether oxygens (including phenoxy) is 1. The number of likely N-dealkylation sites (N-methyl/N-ethyl adjacent to an activating group) is 1. The lowest BCUT2D eigenvalue weighted by Crippen LogP contribution is -2.56. The Hall–Kier alpha value is -0.320. The molecule has 4 nitrogen and oxygen atoms in total. The van der Waals surface area contributed by atoms with Gasteiger partial charge in [-0.05, 0) is 32.1 Å².